The smallest absolute Gasteiger partial charge is 0.150 e. The fourth-order valence-electron chi connectivity index (χ4n) is 2.24. The Labute approximate surface area is 134 Å². The van der Waals surface area contributed by atoms with Crippen molar-refractivity contribution in [2.45, 2.75) is 46.0 Å². The summed E-state index contributed by atoms with van der Waals surface area (Å²) in [7, 11) is 0. The molecule has 0 radical (unpaired) electrons. The van der Waals surface area contributed by atoms with Gasteiger partial charge in [-0.15, -0.1) is 0 Å². The second kappa shape index (κ2) is 12.1. The third-order valence-corrected chi connectivity index (χ3v) is 3.79. The molecule has 0 aliphatic carbocycles. The zero-order valence-electron chi connectivity index (χ0n) is 14.0. The van der Waals surface area contributed by atoms with Crippen LogP contribution in [0.25, 0.3) is 0 Å². The van der Waals surface area contributed by atoms with Gasteiger partial charge in [0.05, 0.1) is 0 Å². The van der Waals surface area contributed by atoms with Crippen molar-refractivity contribution in [3.8, 4) is 0 Å². The maximum Gasteiger partial charge on any atom is 0.150 e. The van der Waals surface area contributed by atoms with E-state index in [-0.39, 0.29) is 0 Å². The molecule has 1 unspecified atom stereocenters. The molecule has 22 heavy (non-hydrogen) atoms. The Hall–Kier alpha value is -1.48. The van der Waals surface area contributed by atoms with Crippen LogP contribution in [0, 0.1) is 5.92 Å². The van der Waals surface area contributed by atoms with Gasteiger partial charge < -0.3 is 4.74 Å². The Kier molecular flexibility index (Phi) is 10.2. The normalized spacial score (nSPS) is 12.6. The summed E-state index contributed by atoms with van der Waals surface area (Å²) < 4.78 is 5.75. The van der Waals surface area contributed by atoms with Crippen molar-refractivity contribution in [3.05, 3.63) is 35.4 Å². The number of hydrogen-bond donors (Lipinski definition) is 0. The Morgan fingerprint density at radius 2 is 1.86 bits per heavy atom. The SMILES string of the molecule is CCCCC(CC)COCCCN=Cc1ccc(C=O)cc1. The summed E-state index contributed by atoms with van der Waals surface area (Å²) in [6.07, 6.45) is 8.70. The first-order valence-electron chi connectivity index (χ1n) is 8.43. The van der Waals surface area contributed by atoms with Gasteiger partial charge in [-0.25, -0.2) is 0 Å². The third-order valence-electron chi connectivity index (χ3n) is 3.79. The van der Waals surface area contributed by atoms with Gasteiger partial charge in [-0.2, -0.15) is 0 Å². The zero-order valence-corrected chi connectivity index (χ0v) is 14.0. The largest absolute Gasteiger partial charge is 0.381 e. The molecule has 0 heterocycles. The van der Waals surface area contributed by atoms with Gasteiger partial charge in [0.1, 0.15) is 6.29 Å². The van der Waals surface area contributed by atoms with Crippen molar-refractivity contribution in [1.29, 1.82) is 0 Å². The van der Waals surface area contributed by atoms with Crippen LogP contribution in [0.3, 0.4) is 0 Å². The summed E-state index contributed by atoms with van der Waals surface area (Å²) in [4.78, 5) is 14.9. The molecule has 0 amide bonds. The van der Waals surface area contributed by atoms with E-state index in [2.05, 4.69) is 18.8 Å². The Morgan fingerprint density at radius 1 is 1.14 bits per heavy atom. The lowest BCUT2D eigenvalue weighted by Gasteiger charge is -2.14. The molecule has 1 aromatic rings. The van der Waals surface area contributed by atoms with E-state index in [9.17, 15) is 4.79 Å². The molecule has 0 saturated carbocycles. The molecule has 0 aliphatic heterocycles. The van der Waals surface area contributed by atoms with Gasteiger partial charge in [-0.3, -0.25) is 9.79 Å². The summed E-state index contributed by atoms with van der Waals surface area (Å²) >= 11 is 0. The van der Waals surface area contributed by atoms with Crippen LogP contribution in [0.5, 0.6) is 0 Å². The van der Waals surface area contributed by atoms with Crippen molar-refractivity contribution in [3.63, 3.8) is 0 Å². The number of aldehydes is 1. The first-order valence-corrected chi connectivity index (χ1v) is 8.43. The van der Waals surface area contributed by atoms with E-state index in [1.807, 2.05) is 18.3 Å². The first kappa shape index (κ1) is 18.6. The Morgan fingerprint density at radius 3 is 2.50 bits per heavy atom. The van der Waals surface area contributed by atoms with E-state index in [0.717, 1.165) is 38.0 Å². The van der Waals surface area contributed by atoms with Crippen LogP contribution < -0.4 is 0 Å². The highest BCUT2D eigenvalue weighted by Crippen LogP contribution is 2.12. The minimum Gasteiger partial charge on any atom is -0.381 e. The Balaban J connectivity index is 2.11. The first-order chi connectivity index (χ1) is 10.8. The summed E-state index contributed by atoms with van der Waals surface area (Å²) in [6.45, 7) is 6.92. The highest BCUT2D eigenvalue weighted by atomic mass is 16.5. The second-order valence-corrected chi connectivity index (χ2v) is 5.66. The lowest BCUT2D eigenvalue weighted by atomic mass is 10.0. The molecule has 1 aromatic carbocycles. The van der Waals surface area contributed by atoms with Crippen LogP contribution in [0.1, 0.15) is 61.9 Å². The molecule has 3 nitrogen and oxygen atoms in total. The average Bonchev–Trinajstić information content (AvgIpc) is 2.57. The predicted molar refractivity (Wildman–Crippen MR) is 93.0 cm³/mol. The number of benzene rings is 1. The molecule has 122 valence electrons. The van der Waals surface area contributed by atoms with Crippen molar-refractivity contribution >= 4 is 12.5 Å². The summed E-state index contributed by atoms with van der Waals surface area (Å²) in [5.74, 6) is 0.708. The summed E-state index contributed by atoms with van der Waals surface area (Å²) in [6, 6.07) is 7.42. The predicted octanol–water partition coefficient (Wildman–Crippen LogP) is 4.54. The van der Waals surface area contributed by atoms with Gasteiger partial charge in [0, 0.05) is 31.5 Å². The van der Waals surface area contributed by atoms with E-state index in [1.54, 1.807) is 12.1 Å². The zero-order chi connectivity index (χ0) is 16.0. The molecule has 0 spiro atoms. The monoisotopic (exact) mass is 303 g/mol. The van der Waals surface area contributed by atoms with E-state index >= 15 is 0 Å². The van der Waals surface area contributed by atoms with Crippen LogP contribution in [0.2, 0.25) is 0 Å². The van der Waals surface area contributed by atoms with Gasteiger partial charge in [0.15, 0.2) is 0 Å². The van der Waals surface area contributed by atoms with Crippen molar-refractivity contribution in [2.24, 2.45) is 10.9 Å². The van der Waals surface area contributed by atoms with Crippen molar-refractivity contribution < 1.29 is 9.53 Å². The number of rotatable bonds is 12. The fourth-order valence-corrected chi connectivity index (χ4v) is 2.24. The average molecular weight is 303 g/mol. The fraction of sp³-hybridized carbons (Fsp3) is 0.579. The molecule has 0 bridgehead atoms. The minimum absolute atomic E-state index is 0.694. The molecule has 0 aliphatic rings. The number of carbonyl (C=O) groups is 1. The molecule has 0 aromatic heterocycles. The van der Waals surface area contributed by atoms with Crippen LogP contribution in [0.15, 0.2) is 29.3 Å². The topological polar surface area (TPSA) is 38.7 Å². The third kappa shape index (κ3) is 8.08. The van der Waals surface area contributed by atoms with Crippen molar-refractivity contribution in [2.75, 3.05) is 19.8 Å². The molecule has 0 N–H and O–H groups in total. The standard InChI is InChI=1S/C19H29NO2/c1-3-5-7-17(4-2)16-22-13-6-12-20-14-18-8-10-19(15-21)11-9-18/h8-11,14-15,17H,3-7,12-13,16H2,1-2H3. The summed E-state index contributed by atoms with van der Waals surface area (Å²) in [5.41, 5.74) is 1.72. The molecular weight excluding hydrogens is 274 g/mol. The van der Waals surface area contributed by atoms with E-state index in [1.165, 1.54) is 25.7 Å². The van der Waals surface area contributed by atoms with Gasteiger partial charge in [-0.1, -0.05) is 57.4 Å². The molecule has 0 fully saturated rings. The number of ether oxygens (including phenoxy) is 1. The second-order valence-electron chi connectivity index (χ2n) is 5.66. The van der Waals surface area contributed by atoms with Crippen LogP contribution in [-0.2, 0) is 4.74 Å². The van der Waals surface area contributed by atoms with E-state index in [4.69, 9.17) is 4.74 Å². The number of hydrogen-bond acceptors (Lipinski definition) is 3. The highest BCUT2D eigenvalue weighted by molar-refractivity contribution is 5.82. The molecule has 3 heteroatoms. The molecule has 1 atom stereocenters. The molecule has 0 saturated heterocycles. The maximum absolute atomic E-state index is 10.6. The van der Waals surface area contributed by atoms with Crippen LogP contribution >= 0.6 is 0 Å². The molecule has 1 rings (SSSR count). The van der Waals surface area contributed by atoms with Crippen LogP contribution in [-0.4, -0.2) is 32.3 Å². The lowest BCUT2D eigenvalue weighted by Crippen LogP contribution is -2.10. The highest BCUT2D eigenvalue weighted by Gasteiger charge is 2.05. The van der Waals surface area contributed by atoms with Gasteiger partial charge >= 0.3 is 0 Å². The van der Waals surface area contributed by atoms with Gasteiger partial charge in [0.25, 0.3) is 0 Å². The Bertz CT molecular complexity index is 426. The minimum atomic E-state index is 0.694. The number of carbonyl (C=O) groups excluding carboxylic acids is 1. The van der Waals surface area contributed by atoms with Gasteiger partial charge in [-0.05, 0) is 24.3 Å². The summed E-state index contributed by atoms with van der Waals surface area (Å²) in [5, 5.41) is 0. The van der Waals surface area contributed by atoms with Crippen LogP contribution in [0.4, 0.5) is 0 Å². The number of nitrogens with zero attached hydrogens (tertiary/aromatic N) is 1. The number of unbranched alkanes of at least 4 members (excludes halogenated alkanes) is 1. The lowest BCUT2D eigenvalue weighted by molar-refractivity contribution is 0.0933. The quantitative estimate of drug-likeness (QED) is 0.323. The van der Waals surface area contributed by atoms with E-state index < -0.39 is 0 Å². The van der Waals surface area contributed by atoms with Crippen molar-refractivity contribution in [1.82, 2.24) is 0 Å². The maximum atomic E-state index is 10.6. The number of aliphatic imine (C=N–C) groups is 1. The van der Waals surface area contributed by atoms with Gasteiger partial charge in [0.2, 0.25) is 0 Å². The van der Waals surface area contributed by atoms with E-state index in [0.29, 0.717) is 11.5 Å². The molecular formula is C19H29NO2.